The second-order valence-corrected chi connectivity index (χ2v) is 12.6. The fourth-order valence-electron chi connectivity index (χ4n) is 6.16. The minimum absolute atomic E-state index is 0.0179. The number of hydrogen-bond donors (Lipinski definition) is 4. The van der Waals surface area contributed by atoms with Gasteiger partial charge in [0.15, 0.2) is 6.29 Å². The predicted molar refractivity (Wildman–Crippen MR) is 188 cm³/mol. The van der Waals surface area contributed by atoms with Crippen LogP contribution in [0.5, 0.6) is 0 Å². The van der Waals surface area contributed by atoms with Crippen LogP contribution in [-0.2, 0) is 38.8 Å². The van der Waals surface area contributed by atoms with Crippen LogP contribution in [0.3, 0.4) is 0 Å². The molecular formula is C40H47N3O6. The van der Waals surface area contributed by atoms with Gasteiger partial charge in [-0.25, -0.2) is 5.48 Å². The molecule has 0 saturated carbocycles. The zero-order valence-electron chi connectivity index (χ0n) is 27.9. The van der Waals surface area contributed by atoms with Crippen LogP contribution < -0.4 is 10.8 Å². The first-order valence-electron chi connectivity index (χ1n) is 17.1. The summed E-state index contributed by atoms with van der Waals surface area (Å²) in [5, 5.41) is 21.2. The van der Waals surface area contributed by atoms with Crippen molar-refractivity contribution in [2.24, 2.45) is 0 Å². The van der Waals surface area contributed by atoms with Crippen molar-refractivity contribution in [2.75, 3.05) is 11.9 Å². The van der Waals surface area contributed by atoms with Crippen molar-refractivity contribution in [1.82, 2.24) is 10.4 Å². The number of anilines is 1. The van der Waals surface area contributed by atoms with Crippen molar-refractivity contribution in [1.29, 1.82) is 0 Å². The molecule has 0 aliphatic carbocycles. The van der Waals surface area contributed by atoms with E-state index in [0.29, 0.717) is 37.9 Å². The lowest BCUT2D eigenvalue weighted by Gasteiger charge is -2.38. The lowest BCUT2D eigenvalue weighted by atomic mass is 9.99. The Kier molecular flexibility index (Phi) is 13.9. The molecule has 9 heteroatoms. The number of unbranched alkanes of at least 4 members (excludes halogenated alkanes) is 3. The van der Waals surface area contributed by atoms with E-state index in [2.05, 4.69) is 58.7 Å². The number of rotatable bonds is 17. The van der Waals surface area contributed by atoms with Gasteiger partial charge < -0.3 is 19.9 Å². The summed E-state index contributed by atoms with van der Waals surface area (Å²) in [6, 6.07) is 36.4. The highest BCUT2D eigenvalue weighted by Crippen LogP contribution is 2.39. The van der Waals surface area contributed by atoms with Crippen LogP contribution >= 0.6 is 0 Å². The summed E-state index contributed by atoms with van der Waals surface area (Å²) in [7, 11) is 0. The Hall–Kier alpha value is -4.38. The standard InChI is InChI=1S/C40H47N3O6/c44-29-32-20-22-33(23-21-32)37-25-36(28-43(26-30-12-5-3-6-13-30)27-31-14-7-4-8-15-31)48-40(49-37)34-16-11-17-35(24-34)41-38(45)18-9-1-2-10-19-39(46)42-47/h3-8,11-17,20-24,36-37,40,44,47H,1-2,9-10,18-19,25-29H2,(H,41,45)(H,42,46). The molecule has 0 radical (unpaired) electrons. The Labute approximate surface area is 288 Å². The van der Waals surface area contributed by atoms with Gasteiger partial charge >= 0.3 is 0 Å². The number of nitrogens with zero attached hydrogens (tertiary/aromatic N) is 1. The summed E-state index contributed by atoms with van der Waals surface area (Å²) >= 11 is 0. The van der Waals surface area contributed by atoms with E-state index in [0.717, 1.165) is 42.6 Å². The molecule has 1 heterocycles. The van der Waals surface area contributed by atoms with Crippen molar-refractivity contribution in [3.8, 4) is 0 Å². The Morgan fingerprint density at radius 2 is 1.33 bits per heavy atom. The van der Waals surface area contributed by atoms with Crippen LogP contribution in [0, 0.1) is 0 Å². The summed E-state index contributed by atoms with van der Waals surface area (Å²) in [5.41, 5.74) is 7.47. The van der Waals surface area contributed by atoms with Crippen molar-refractivity contribution in [3.05, 3.63) is 137 Å². The normalized spacial score (nSPS) is 17.5. The summed E-state index contributed by atoms with van der Waals surface area (Å²) < 4.78 is 13.3. The average Bonchev–Trinajstić information content (AvgIpc) is 3.13. The Morgan fingerprint density at radius 1 is 0.694 bits per heavy atom. The highest BCUT2D eigenvalue weighted by atomic mass is 16.7. The molecule has 258 valence electrons. The van der Waals surface area contributed by atoms with Crippen LogP contribution in [0.2, 0.25) is 0 Å². The molecule has 0 aromatic heterocycles. The zero-order valence-corrected chi connectivity index (χ0v) is 27.9. The first kappa shape index (κ1) is 35.9. The SMILES string of the molecule is O=C(CCCCCCC(=O)Nc1cccc(C2OC(CN(Cc3ccccc3)Cc3ccccc3)CC(c3ccc(CO)cc3)O2)c1)NO. The third kappa shape index (κ3) is 11.6. The quantitative estimate of drug-likeness (QED) is 0.0535. The minimum Gasteiger partial charge on any atom is -0.392 e. The maximum Gasteiger partial charge on any atom is 0.243 e. The first-order valence-corrected chi connectivity index (χ1v) is 17.1. The van der Waals surface area contributed by atoms with Crippen LogP contribution in [0.1, 0.15) is 85.2 Å². The fourth-order valence-corrected chi connectivity index (χ4v) is 6.16. The Morgan fingerprint density at radius 3 is 1.94 bits per heavy atom. The van der Waals surface area contributed by atoms with Crippen LogP contribution in [-0.4, -0.2) is 39.7 Å². The molecule has 1 aliphatic rings. The van der Waals surface area contributed by atoms with Gasteiger partial charge in [-0.15, -0.1) is 0 Å². The first-order chi connectivity index (χ1) is 24.0. The van der Waals surface area contributed by atoms with Crippen LogP contribution in [0.25, 0.3) is 0 Å². The zero-order chi connectivity index (χ0) is 34.3. The smallest absolute Gasteiger partial charge is 0.243 e. The Bertz CT molecular complexity index is 1540. The molecule has 4 aromatic carbocycles. The predicted octanol–water partition coefficient (Wildman–Crippen LogP) is 7.21. The van der Waals surface area contributed by atoms with Gasteiger partial charge in [0.1, 0.15) is 0 Å². The van der Waals surface area contributed by atoms with Gasteiger partial charge in [-0.1, -0.05) is 110 Å². The number of carbonyl (C=O) groups is 2. The maximum absolute atomic E-state index is 12.8. The molecule has 0 bridgehead atoms. The van der Waals surface area contributed by atoms with Gasteiger partial charge in [0.2, 0.25) is 11.8 Å². The molecule has 5 rings (SSSR count). The number of nitrogens with one attached hydrogen (secondary N) is 2. The van der Waals surface area contributed by atoms with E-state index in [1.165, 1.54) is 11.1 Å². The third-order valence-electron chi connectivity index (χ3n) is 8.70. The van der Waals surface area contributed by atoms with Gasteiger partial charge in [-0.3, -0.25) is 19.7 Å². The number of aliphatic hydroxyl groups excluding tert-OH is 1. The molecule has 2 amide bonds. The van der Waals surface area contributed by atoms with E-state index in [4.69, 9.17) is 14.7 Å². The number of carbonyl (C=O) groups excluding carboxylic acids is 2. The monoisotopic (exact) mass is 665 g/mol. The van der Waals surface area contributed by atoms with E-state index < -0.39 is 12.2 Å². The molecule has 0 spiro atoms. The second kappa shape index (κ2) is 19.0. The van der Waals surface area contributed by atoms with Crippen LogP contribution in [0.15, 0.2) is 109 Å². The van der Waals surface area contributed by atoms with E-state index >= 15 is 0 Å². The van der Waals surface area contributed by atoms with Crippen molar-refractivity contribution in [2.45, 2.75) is 83.1 Å². The molecule has 4 N–H and O–H groups in total. The number of hydroxylamine groups is 1. The molecule has 1 aliphatic heterocycles. The van der Waals surface area contributed by atoms with Gasteiger partial charge in [0, 0.05) is 50.1 Å². The van der Waals surface area contributed by atoms with Gasteiger partial charge in [-0.05, 0) is 47.2 Å². The number of hydrogen-bond acceptors (Lipinski definition) is 7. The third-order valence-corrected chi connectivity index (χ3v) is 8.70. The molecular weight excluding hydrogens is 618 g/mol. The topological polar surface area (TPSA) is 120 Å². The minimum atomic E-state index is -0.649. The summed E-state index contributed by atoms with van der Waals surface area (Å²) in [6.07, 6.45) is 3.30. The molecule has 3 unspecified atom stereocenters. The molecule has 1 saturated heterocycles. The summed E-state index contributed by atoms with van der Waals surface area (Å²) in [5.74, 6) is -0.467. The lowest BCUT2D eigenvalue weighted by molar-refractivity contribution is -0.253. The summed E-state index contributed by atoms with van der Waals surface area (Å²) in [6.45, 7) is 2.22. The summed E-state index contributed by atoms with van der Waals surface area (Å²) in [4.78, 5) is 26.3. The molecule has 3 atom stereocenters. The molecule has 9 nitrogen and oxygen atoms in total. The number of ether oxygens (including phenoxy) is 2. The molecule has 49 heavy (non-hydrogen) atoms. The van der Waals surface area contributed by atoms with Crippen molar-refractivity contribution in [3.63, 3.8) is 0 Å². The average molecular weight is 666 g/mol. The van der Waals surface area contributed by atoms with Crippen LogP contribution in [0.4, 0.5) is 5.69 Å². The van der Waals surface area contributed by atoms with Gasteiger partial charge in [0.05, 0.1) is 18.8 Å². The lowest BCUT2D eigenvalue weighted by Crippen LogP contribution is -2.39. The van der Waals surface area contributed by atoms with E-state index in [1.54, 1.807) is 5.48 Å². The molecule has 4 aromatic rings. The van der Waals surface area contributed by atoms with E-state index in [1.807, 2.05) is 60.7 Å². The number of amides is 2. The van der Waals surface area contributed by atoms with Gasteiger partial charge in [-0.2, -0.15) is 0 Å². The maximum atomic E-state index is 12.8. The van der Waals surface area contributed by atoms with Crippen molar-refractivity contribution < 1.29 is 29.4 Å². The fraction of sp³-hybridized carbons (Fsp3) is 0.350. The largest absolute Gasteiger partial charge is 0.392 e. The molecule has 1 fully saturated rings. The van der Waals surface area contributed by atoms with E-state index in [9.17, 15) is 14.7 Å². The highest BCUT2D eigenvalue weighted by molar-refractivity contribution is 5.90. The van der Waals surface area contributed by atoms with Gasteiger partial charge in [0.25, 0.3) is 0 Å². The number of benzene rings is 4. The highest BCUT2D eigenvalue weighted by Gasteiger charge is 2.33. The second-order valence-electron chi connectivity index (χ2n) is 12.6. The van der Waals surface area contributed by atoms with Crippen molar-refractivity contribution >= 4 is 17.5 Å². The Balaban J connectivity index is 1.28. The van der Waals surface area contributed by atoms with E-state index in [-0.39, 0.29) is 31.1 Å². The number of aliphatic hydroxyl groups is 1.